The van der Waals surface area contributed by atoms with Crippen molar-refractivity contribution in [2.24, 2.45) is 5.16 Å². The molecule has 0 saturated heterocycles. The monoisotopic (exact) mass is 280 g/mol. The number of anilines is 1. The molecule has 0 aliphatic carbocycles. The second-order valence-corrected chi connectivity index (χ2v) is 5.22. The Morgan fingerprint density at radius 3 is 2.38 bits per heavy atom. The van der Waals surface area contributed by atoms with Gasteiger partial charge in [0.1, 0.15) is 0 Å². The number of nitrogens with one attached hydrogen (secondary N) is 1. The third-order valence-electron chi connectivity index (χ3n) is 3.48. The predicted molar refractivity (Wildman–Crippen MR) is 82.2 cm³/mol. The van der Waals surface area contributed by atoms with Gasteiger partial charge in [0.2, 0.25) is 5.60 Å². The van der Waals surface area contributed by atoms with Crippen LogP contribution >= 0.6 is 0 Å². The Bertz CT molecular complexity index is 668. The summed E-state index contributed by atoms with van der Waals surface area (Å²) in [6, 6.07) is 19.1. The molecule has 106 valence electrons. The molecule has 1 aliphatic rings. The molecular formula is C17H16N2O2. The first-order chi connectivity index (χ1) is 10.2. The van der Waals surface area contributed by atoms with Gasteiger partial charge in [0.25, 0.3) is 5.91 Å². The second kappa shape index (κ2) is 5.40. The van der Waals surface area contributed by atoms with E-state index in [1.165, 1.54) is 0 Å². The molecule has 4 nitrogen and oxygen atoms in total. The highest BCUT2D eigenvalue weighted by atomic mass is 16.7. The Balaban J connectivity index is 1.71. The minimum absolute atomic E-state index is 0.191. The number of oxime groups is 1. The van der Waals surface area contributed by atoms with Crippen molar-refractivity contribution in [1.82, 2.24) is 0 Å². The average molecular weight is 280 g/mol. The van der Waals surface area contributed by atoms with Crippen LogP contribution in [-0.2, 0) is 9.63 Å². The predicted octanol–water partition coefficient (Wildman–Crippen LogP) is 3.21. The van der Waals surface area contributed by atoms with Crippen molar-refractivity contribution in [3.8, 4) is 0 Å². The zero-order valence-electron chi connectivity index (χ0n) is 11.7. The molecule has 0 unspecified atom stereocenters. The molecule has 1 heterocycles. The number of para-hydroxylation sites is 1. The van der Waals surface area contributed by atoms with Crippen LogP contribution in [0.25, 0.3) is 0 Å². The molecule has 1 N–H and O–H groups in total. The molecule has 4 heteroatoms. The number of hydrogen-bond donors (Lipinski definition) is 1. The molecule has 3 rings (SSSR count). The number of carbonyl (C=O) groups is 1. The molecule has 0 aromatic heterocycles. The van der Waals surface area contributed by atoms with Crippen molar-refractivity contribution in [2.45, 2.75) is 18.9 Å². The summed E-state index contributed by atoms with van der Waals surface area (Å²) in [5, 5.41) is 6.94. The molecule has 2 aromatic carbocycles. The summed E-state index contributed by atoms with van der Waals surface area (Å²) in [5.41, 5.74) is 1.55. The van der Waals surface area contributed by atoms with Gasteiger partial charge in [-0.2, -0.15) is 0 Å². The smallest absolute Gasteiger partial charge is 0.271 e. The molecule has 0 spiro atoms. The van der Waals surface area contributed by atoms with Gasteiger partial charge in [-0.3, -0.25) is 4.79 Å². The van der Waals surface area contributed by atoms with Gasteiger partial charge in [0.05, 0.1) is 5.71 Å². The fraction of sp³-hybridized carbons (Fsp3) is 0.176. The highest BCUT2D eigenvalue weighted by molar-refractivity contribution is 6.07. The summed E-state index contributed by atoms with van der Waals surface area (Å²) in [4.78, 5) is 17.8. The maximum Gasteiger partial charge on any atom is 0.271 e. The Morgan fingerprint density at radius 2 is 1.71 bits per heavy atom. The molecule has 21 heavy (non-hydrogen) atoms. The molecule has 1 amide bonds. The molecular weight excluding hydrogens is 264 g/mol. The topological polar surface area (TPSA) is 50.7 Å². The van der Waals surface area contributed by atoms with E-state index in [0.29, 0.717) is 6.42 Å². The van der Waals surface area contributed by atoms with Gasteiger partial charge in [-0.25, -0.2) is 0 Å². The van der Waals surface area contributed by atoms with E-state index < -0.39 is 5.60 Å². The van der Waals surface area contributed by atoms with Crippen molar-refractivity contribution in [3.63, 3.8) is 0 Å². The zero-order valence-corrected chi connectivity index (χ0v) is 11.7. The van der Waals surface area contributed by atoms with Crippen LogP contribution in [0.15, 0.2) is 65.8 Å². The van der Waals surface area contributed by atoms with Crippen molar-refractivity contribution in [3.05, 3.63) is 66.2 Å². The standard InChI is InChI=1S/C17H16N2O2/c1-17(16(20)18-14-10-6-3-7-11-14)12-15(19-21-17)13-8-4-2-5-9-13/h2-11H,12H2,1H3,(H,18,20)/t17-/m0/s1. The number of carbonyl (C=O) groups excluding carboxylic acids is 1. The molecule has 0 radical (unpaired) electrons. The van der Waals surface area contributed by atoms with Gasteiger partial charge in [0, 0.05) is 12.1 Å². The highest BCUT2D eigenvalue weighted by Crippen LogP contribution is 2.28. The first-order valence-corrected chi connectivity index (χ1v) is 6.84. The average Bonchev–Trinajstić information content (AvgIpc) is 2.93. The van der Waals surface area contributed by atoms with E-state index >= 15 is 0 Å². The number of amides is 1. The van der Waals surface area contributed by atoms with Gasteiger partial charge < -0.3 is 10.2 Å². The van der Waals surface area contributed by atoms with Crippen molar-refractivity contribution >= 4 is 17.3 Å². The SMILES string of the molecule is C[C@@]1(C(=O)Nc2ccccc2)CC(c2ccccc2)=NO1. The Labute approximate surface area is 123 Å². The molecule has 0 fully saturated rings. The van der Waals surface area contributed by atoms with Crippen molar-refractivity contribution in [2.75, 3.05) is 5.32 Å². The van der Waals surface area contributed by atoms with Crippen LogP contribution in [0.1, 0.15) is 18.9 Å². The lowest BCUT2D eigenvalue weighted by Gasteiger charge is -2.20. The summed E-state index contributed by atoms with van der Waals surface area (Å²) in [6.45, 7) is 1.75. The summed E-state index contributed by atoms with van der Waals surface area (Å²) < 4.78 is 0. The van der Waals surface area contributed by atoms with Crippen LogP contribution in [0.3, 0.4) is 0 Å². The number of nitrogens with zero attached hydrogens (tertiary/aromatic N) is 1. The van der Waals surface area contributed by atoms with Crippen LogP contribution in [0.2, 0.25) is 0 Å². The van der Waals surface area contributed by atoms with Gasteiger partial charge in [-0.05, 0) is 24.6 Å². The first kappa shape index (κ1) is 13.4. The fourth-order valence-corrected chi connectivity index (χ4v) is 2.23. The third kappa shape index (κ3) is 2.79. The molecule has 2 aromatic rings. The van der Waals surface area contributed by atoms with Crippen LogP contribution in [0, 0.1) is 0 Å². The fourth-order valence-electron chi connectivity index (χ4n) is 2.23. The van der Waals surface area contributed by atoms with E-state index in [2.05, 4.69) is 10.5 Å². The Morgan fingerprint density at radius 1 is 1.10 bits per heavy atom. The van der Waals surface area contributed by atoms with Gasteiger partial charge >= 0.3 is 0 Å². The summed E-state index contributed by atoms with van der Waals surface area (Å²) >= 11 is 0. The second-order valence-electron chi connectivity index (χ2n) is 5.22. The lowest BCUT2D eigenvalue weighted by Crippen LogP contribution is -2.40. The van der Waals surface area contributed by atoms with Crippen LogP contribution in [-0.4, -0.2) is 17.2 Å². The lowest BCUT2D eigenvalue weighted by molar-refractivity contribution is -0.135. The minimum Gasteiger partial charge on any atom is -0.379 e. The molecule has 0 bridgehead atoms. The molecule has 0 saturated carbocycles. The van der Waals surface area contributed by atoms with Gasteiger partial charge in [-0.15, -0.1) is 0 Å². The van der Waals surface area contributed by atoms with Crippen LogP contribution in [0.5, 0.6) is 0 Å². The largest absolute Gasteiger partial charge is 0.379 e. The number of rotatable bonds is 3. The van der Waals surface area contributed by atoms with E-state index in [0.717, 1.165) is 17.0 Å². The molecule has 1 aliphatic heterocycles. The van der Waals surface area contributed by atoms with Crippen LogP contribution in [0.4, 0.5) is 5.69 Å². The van der Waals surface area contributed by atoms with Crippen LogP contribution < -0.4 is 5.32 Å². The van der Waals surface area contributed by atoms with E-state index in [4.69, 9.17) is 4.84 Å². The zero-order chi connectivity index (χ0) is 14.7. The Hall–Kier alpha value is -2.62. The highest BCUT2D eigenvalue weighted by Gasteiger charge is 2.42. The summed E-state index contributed by atoms with van der Waals surface area (Å²) in [5.74, 6) is -0.191. The maximum atomic E-state index is 12.4. The lowest BCUT2D eigenvalue weighted by atomic mass is 9.95. The van der Waals surface area contributed by atoms with Crippen molar-refractivity contribution in [1.29, 1.82) is 0 Å². The molecule has 1 atom stereocenters. The Kier molecular flexibility index (Phi) is 3.44. The van der Waals surface area contributed by atoms with E-state index in [-0.39, 0.29) is 5.91 Å². The summed E-state index contributed by atoms with van der Waals surface area (Å²) in [6.07, 6.45) is 0.454. The first-order valence-electron chi connectivity index (χ1n) is 6.84. The quantitative estimate of drug-likeness (QED) is 0.938. The third-order valence-corrected chi connectivity index (χ3v) is 3.48. The van der Waals surface area contributed by atoms with E-state index in [9.17, 15) is 4.79 Å². The van der Waals surface area contributed by atoms with E-state index in [1.807, 2.05) is 60.7 Å². The maximum absolute atomic E-state index is 12.4. The van der Waals surface area contributed by atoms with Crippen molar-refractivity contribution < 1.29 is 9.63 Å². The minimum atomic E-state index is -0.971. The summed E-state index contributed by atoms with van der Waals surface area (Å²) in [7, 11) is 0. The van der Waals surface area contributed by atoms with E-state index in [1.54, 1.807) is 6.92 Å². The number of benzene rings is 2. The number of hydrogen-bond acceptors (Lipinski definition) is 3. The van der Waals surface area contributed by atoms with Gasteiger partial charge in [0.15, 0.2) is 0 Å². The van der Waals surface area contributed by atoms with Gasteiger partial charge in [-0.1, -0.05) is 53.7 Å². The normalized spacial score (nSPS) is 20.5.